The zero-order valence-corrected chi connectivity index (χ0v) is 13.9. The Morgan fingerprint density at radius 3 is 2.48 bits per heavy atom. The molecule has 1 saturated heterocycles. The first kappa shape index (κ1) is 18.3. The van der Waals surface area contributed by atoms with Crippen molar-refractivity contribution in [3.8, 4) is 0 Å². The molecule has 21 heavy (non-hydrogen) atoms. The lowest BCUT2D eigenvalue weighted by atomic mass is 10.1. The summed E-state index contributed by atoms with van der Waals surface area (Å²) < 4.78 is 49.4. The number of nitrogens with one attached hydrogen (secondary N) is 2. The van der Waals surface area contributed by atoms with Gasteiger partial charge in [-0.05, 0) is 31.5 Å². The molecule has 2 rings (SSSR count). The van der Waals surface area contributed by atoms with Crippen LogP contribution >= 0.6 is 12.4 Å². The van der Waals surface area contributed by atoms with Gasteiger partial charge in [0.05, 0.1) is 0 Å². The van der Waals surface area contributed by atoms with E-state index in [1.54, 1.807) is 0 Å². The molecule has 1 aliphatic rings. The third-order valence-corrected chi connectivity index (χ3v) is 5.53. The molecule has 0 radical (unpaired) electrons. The SMILES string of the molecule is CS(=O)(=O)c1ccc(S(=O)(=O)N[C@H]2CCCNC2)cn1.Cl. The molecule has 1 aromatic heterocycles. The van der Waals surface area contributed by atoms with Gasteiger partial charge >= 0.3 is 0 Å². The van der Waals surface area contributed by atoms with Crippen molar-refractivity contribution in [1.29, 1.82) is 0 Å². The van der Waals surface area contributed by atoms with Crippen molar-refractivity contribution < 1.29 is 16.8 Å². The zero-order chi connectivity index (χ0) is 14.8. The third kappa shape index (κ3) is 4.89. The number of aromatic nitrogens is 1. The molecule has 0 saturated carbocycles. The second-order valence-corrected chi connectivity index (χ2v) is 8.45. The molecule has 0 unspecified atom stereocenters. The first-order valence-electron chi connectivity index (χ1n) is 6.18. The van der Waals surface area contributed by atoms with Crippen molar-refractivity contribution in [2.75, 3.05) is 19.3 Å². The van der Waals surface area contributed by atoms with Crippen molar-refractivity contribution in [2.45, 2.75) is 28.8 Å². The number of halogens is 1. The highest BCUT2D eigenvalue weighted by Gasteiger charge is 2.22. The Morgan fingerprint density at radius 1 is 1.29 bits per heavy atom. The first-order valence-corrected chi connectivity index (χ1v) is 9.56. The average Bonchev–Trinajstić information content (AvgIpc) is 2.38. The molecule has 10 heteroatoms. The van der Waals surface area contributed by atoms with Gasteiger partial charge in [-0.25, -0.2) is 26.5 Å². The van der Waals surface area contributed by atoms with E-state index < -0.39 is 19.9 Å². The molecule has 2 N–H and O–H groups in total. The predicted octanol–water partition coefficient (Wildman–Crippen LogP) is -0.0628. The van der Waals surface area contributed by atoms with Gasteiger partial charge in [-0.1, -0.05) is 0 Å². The number of piperidine rings is 1. The van der Waals surface area contributed by atoms with E-state index >= 15 is 0 Å². The van der Waals surface area contributed by atoms with Crippen LogP contribution in [-0.4, -0.2) is 47.2 Å². The van der Waals surface area contributed by atoms with Gasteiger partial charge in [-0.3, -0.25) is 0 Å². The summed E-state index contributed by atoms with van der Waals surface area (Å²) in [7, 11) is -7.10. The predicted molar refractivity (Wildman–Crippen MR) is 80.8 cm³/mol. The Bertz CT molecular complexity index is 668. The van der Waals surface area contributed by atoms with Crippen molar-refractivity contribution in [3.05, 3.63) is 18.3 Å². The van der Waals surface area contributed by atoms with Crippen molar-refractivity contribution in [3.63, 3.8) is 0 Å². The van der Waals surface area contributed by atoms with Gasteiger partial charge in [0.2, 0.25) is 10.0 Å². The number of nitrogens with zero attached hydrogens (tertiary/aromatic N) is 1. The van der Waals surface area contributed by atoms with E-state index in [2.05, 4.69) is 15.0 Å². The van der Waals surface area contributed by atoms with Crippen molar-refractivity contribution >= 4 is 32.3 Å². The van der Waals surface area contributed by atoms with Gasteiger partial charge in [0, 0.05) is 25.0 Å². The molecule has 2 heterocycles. The van der Waals surface area contributed by atoms with E-state index in [-0.39, 0.29) is 28.4 Å². The lowest BCUT2D eigenvalue weighted by molar-refractivity contribution is 0.428. The molecular weight excluding hydrogens is 338 g/mol. The molecule has 1 aliphatic heterocycles. The topological polar surface area (TPSA) is 105 Å². The fourth-order valence-corrected chi connectivity index (χ4v) is 3.76. The van der Waals surface area contributed by atoms with E-state index in [0.717, 1.165) is 31.8 Å². The summed E-state index contributed by atoms with van der Waals surface area (Å²) in [6.45, 7) is 1.48. The van der Waals surface area contributed by atoms with E-state index in [1.807, 2.05) is 0 Å². The quantitative estimate of drug-likeness (QED) is 0.783. The number of hydrogen-bond acceptors (Lipinski definition) is 6. The van der Waals surface area contributed by atoms with Gasteiger partial charge in [0.15, 0.2) is 14.9 Å². The van der Waals surface area contributed by atoms with Crippen LogP contribution in [0.15, 0.2) is 28.3 Å². The summed E-state index contributed by atoms with van der Waals surface area (Å²) in [6, 6.07) is 2.30. The van der Waals surface area contributed by atoms with Crippen LogP contribution in [0.5, 0.6) is 0 Å². The minimum atomic E-state index is -3.67. The Balaban J connectivity index is 0.00000220. The Labute approximate surface area is 130 Å². The first-order chi connectivity index (χ1) is 9.29. The Kier molecular flexibility index (Phi) is 6.11. The van der Waals surface area contributed by atoms with Gasteiger partial charge < -0.3 is 5.32 Å². The Morgan fingerprint density at radius 2 is 2.00 bits per heavy atom. The normalized spacial score (nSPS) is 19.8. The van der Waals surface area contributed by atoms with E-state index in [9.17, 15) is 16.8 Å². The molecule has 0 amide bonds. The highest BCUT2D eigenvalue weighted by atomic mass is 35.5. The maximum absolute atomic E-state index is 12.1. The molecule has 0 spiro atoms. The number of hydrogen-bond donors (Lipinski definition) is 2. The van der Waals surface area contributed by atoms with Crippen LogP contribution in [0.25, 0.3) is 0 Å². The van der Waals surface area contributed by atoms with Gasteiger partial charge in [0.25, 0.3) is 0 Å². The van der Waals surface area contributed by atoms with Crippen LogP contribution in [0.2, 0.25) is 0 Å². The van der Waals surface area contributed by atoms with Crippen LogP contribution in [0, 0.1) is 0 Å². The number of sulfonamides is 1. The summed E-state index contributed by atoms with van der Waals surface area (Å²) >= 11 is 0. The maximum Gasteiger partial charge on any atom is 0.242 e. The lowest BCUT2D eigenvalue weighted by Crippen LogP contribution is -2.45. The number of pyridine rings is 1. The van der Waals surface area contributed by atoms with Crippen LogP contribution in [0.1, 0.15) is 12.8 Å². The number of sulfone groups is 1. The molecule has 7 nitrogen and oxygen atoms in total. The summed E-state index contributed by atoms with van der Waals surface area (Å²) in [5, 5.41) is 2.97. The van der Waals surface area contributed by atoms with Gasteiger partial charge in [-0.2, -0.15) is 0 Å². The molecule has 1 fully saturated rings. The highest BCUT2D eigenvalue weighted by molar-refractivity contribution is 7.90. The van der Waals surface area contributed by atoms with E-state index in [1.165, 1.54) is 12.1 Å². The molecular formula is C11H18ClN3O4S2. The van der Waals surface area contributed by atoms with Crippen molar-refractivity contribution in [2.24, 2.45) is 0 Å². The average molecular weight is 356 g/mol. The van der Waals surface area contributed by atoms with E-state index in [0.29, 0.717) is 6.54 Å². The van der Waals surface area contributed by atoms with Crippen LogP contribution < -0.4 is 10.0 Å². The monoisotopic (exact) mass is 355 g/mol. The maximum atomic E-state index is 12.1. The summed E-state index contributed by atoms with van der Waals surface area (Å²) in [4.78, 5) is 3.65. The molecule has 1 atom stereocenters. The number of rotatable bonds is 4. The summed E-state index contributed by atoms with van der Waals surface area (Å²) in [6.07, 6.45) is 3.78. The standard InChI is InChI=1S/C11H17N3O4S2.ClH/c1-19(15,16)11-5-4-10(8-13-11)20(17,18)14-9-3-2-6-12-7-9;/h4-5,8-9,12,14H,2-3,6-7H2,1H3;1H/t9-;/m0./s1. The summed E-state index contributed by atoms with van der Waals surface area (Å²) in [5.41, 5.74) is 0. The second kappa shape index (κ2) is 7.01. The van der Waals surface area contributed by atoms with Gasteiger partial charge in [0.1, 0.15) is 4.90 Å². The molecule has 0 bridgehead atoms. The van der Waals surface area contributed by atoms with Crippen LogP contribution in [-0.2, 0) is 19.9 Å². The molecule has 120 valence electrons. The van der Waals surface area contributed by atoms with Crippen molar-refractivity contribution in [1.82, 2.24) is 15.0 Å². The highest BCUT2D eigenvalue weighted by Crippen LogP contribution is 2.13. The fraction of sp³-hybridized carbons (Fsp3) is 0.545. The lowest BCUT2D eigenvalue weighted by Gasteiger charge is -2.23. The second-order valence-electron chi connectivity index (χ2n) is 4.77. The smallest absolute Gasteiger partial charge is 0.242 e. The minimum absolute atomic E-state index is 0. The third-order valence-electron chi connectivity index (χ3n) is 3.02. The molecule has 1 aromatic rings. The summed E-state index contributed by atoms with van der Waals surface area (Å²) in [5.74, 6) is 0. The van der Waals surface area contributed by atoms with Crippen LogP contribution in [0.3, 0.4) is 0 Å². The van der Waals surface area contributed by atoms with Crippen LogP contribution in [0.4, 0.5) is 0 Å². The zero-order valence-electron chi connectivity index (χ0n) is 11.4. The minimum Gasteiger partial charge on any atom is -0.315 e. The Hall–Kier alpha value is -0.740. The largest absolute Gasteiger partial charge is 0.315 e. The molecule has 0 aliphatic carbocycles. The van der Waals surface area contributed by atoms with Gasteiger partial charge in [-0.15, -0.1) is 12.4 Å². The fourth-order valence-electron chi connectivity index (χ4n) is 1.98. The molecule has 0 aromatic carbocycles. The van der Waals surface area contributed by atoms with E-state index in [4.69, 9.17) is 0 Å².